The Bertz CT molecular complexity index is 247. The summed E-state index contributed by atoms with van der Waals surface area (Å²) in [6, 6.07) is -0.368. The molecule has 0 saturated carbocycles. The van der Waals surface area contributed by atoms with Gasteiger partial charge in [-0.2, -0.15) is 0 Å². The lowest BCUT2D eigenvalue weighted by Gasteiger charge is -2.24. The van der Waals surface area contributed by atoms with Crippen molar-refractivity contribution in [3.63, 3.8) is 0 Å². The number of rotatable bonds is 4. The Hall–Kier alpha value is -0.610. The Morgan fingerprint density at radius 1 is 1.50 bits per heavy atom. The van der Waals surface area contributed by atoms with Crippen molar-refractivity contribution < 1.29 is 14.6 Å². The molecule has 0 amide bonds. The monoisotopic (exact) mass is 229 g/mol. The molecular formula is C12H23NO3. The van der Waals surface area contributed by atoms with E-state index in [0.29, 0.717) is 6.42 Å². The van der Waals surface area contributed by atoms with Crippen molar-refractivity contribution in [3.8, 4) is 0 Å². The quantitative estimate of drug-likeness (QED) is 0.797. The van der Waals surface area contributed by atoms with Gasteiger partial charge in [-0.15, -0.1) is 0 Å². The van der Waals surface area contributed by atoms with Gasteiger partial charge in [-0.1, -0.05) is 6.92 Å². The maximum Gasteiger partial charge on any atom is 0.321 e. The molecule has 1 saturated heterocycles. The normalized spacial score (nSPS) is 27.2. The van der Waals surface area contributed by atoms with Crippen LogP contribution in [0.4, 0.5) is 0 Å². The van der Waals surface area contributed by atoms with Crippen molar-refractivity contribution in [1.29, 1.82) is 0 Å². The fourth-order valence-corrected chi connectivity index (χ4v) is 2.24. The van der Waals surface area contributed by atoms with E-state index in [-0.39, 0.29) is 17.7 Å². The summed E-state index contributed by atoms with van der Waals surface area (Å²) in [6.07, 6.45) is 1.63. The number of hydrogen-bond donors (Lipinski definition) is 1. The first-order valence-corrected chi connectivity index (χ1v) is 5.98. The van der Waals surface area contributed by atoms with Gasteiger partial charge in [-0.3, -0.25) is 9.69 Å². The highest BCUT2D eigenvalue weighted by Crippen LogP contribution is 2.24. The average Bonchev–Trinajstić information content (AvgIpc) is 2.45. The Kier molecular flexibility index (Phi) is 4.33. The molecular weight excluding hydrogens is 206 g/mol. The lowest BCUT2D eigenvalue weighted by Crippen LogP contribution is -2.36. The number of carbonyl (C=O) groups is 1. The first kappa shape index (κ1) is 13.5. The Morgan fingerprint density at radius 3 is 2.56 bits per heavy atom. The average molecular weight is 229 g/mol. The van der Waals surface area contributed by atoms with E-state index < -0.39 is 5.97 Å². The van der Waals surface area contributed by atoms with Crippen LogP contribution in [0.15, 0.2) is 0 Å². The van der Waals surface area contributed by atoms with Crippen molar-refractivity contribution in [2.24, 2.45) is 0 Å². The highest BCUT2D eigenvalue weighted by atomic mass is 16.5. The van der Waals surface area contributed by atoms with Crippen LogP contribution in [0.5, 0.6) is 0 Å². The smallest absolute Gasteiger partial charge is 0.321 e. The highest BCUT2D eigenvalue weighted by molar-refractivity contribution is 5.74. The molecule has 2 atom stereocenters. The van der Waals surface area contributed by atoms with E-state index in [4.69, 9.17) is 9.84 Å². The van der Waals surface area contributed by atoms with E-state index in [2.05, 4.69) is 6.92 Å². The maximum atomic E-state index is 11.1. The molecule has 0 aliphatic carbocycles. The fraction of sp³-hybridized carbons (Fsp3) is 0.917. The van der Waals surface area contributed by atoms with Gasteiger partial charge in [0.2, 0.25) is 0 Å². The van der Waals surface area contributed by atoms with Gasteiger partial charge in [0.15, 0.2) is 0 Å². The minimum absolute atomic E-state index is 0.0487. The number of nitrogens with zero attached hydrogens (tertiary/aromatic N) is 1. The molecule has 1 aliphatic heterocycles. The van der Waals surface area contributed by atoms with Gasteiger partial charge < -0.3 is 9.84 Å². The molecule has 1 N–H and O–H groups in total. The summed E-state index contributed by atoms with van der Waals surface area (Å²) in [7, 11) is 0. The van der Waals surface area contributed by atoms with Crippen LogP contribution in [-0.4, -0.2) is 46.8 Å². The van der Waals surface area contributed by atoms with Crippen molar-refractivity contribution in [1.82, 2.24) is 4.90 Å². The van der Waals surface area contributed by atoms with Crippen LogP contribution in [0.1, 0.15) is 40.5 Å². The molecule has 4 nitrogen and oxygen atoms in total. The number of hydrogen-bond acceptors (Lipinski definition) is 3. The Morgan fingerprint density at radius 2 is 2.12 bits per heavy atom. The molecule has 0 bridgehead atoms. The third-order valence-electron chi connectivity index (χ3n) is 2.68. The van der Waals surface area contributed by atoms with Crippen LogP contribution in [0.2, 0.25) is 0 Å². The molecule has 1 aliphatic rings. The number of ether oxygens (including phenoxy) is 1. The molecule has 1 heterocycles. The molecule has 94 valence electrons. The molecule has 1 rings (SSSR count). The SMILES string of the molecule is CCCN1CC(OC(C)(C)C)C[C@H]1C(=O)O. The molecule has 0 aromatic heterocycles. The summed E-state index contributed by atoms with van der Waals surface area (Å²) in [5.74, 6) is -0.728. The number of likely N-dealkylation sites (tertiary alicyclic amines) is 1. The molecule has 0 aromatic carbocycles. The van der Waals surface area contributed by atoms with E-state index in [9.17, 15) is 4.79 Å². The van der Waals surface area contributed by atoms with E-state index in [0.717, 1.165) is 19.5 Å². The molecule has 1 fully saturated rings. The molecule has 4 heteroatoms. The van der Waals surface area contributed by atoms with Gasteiger partial charge in [0.05, 0.1) is 11.7 Å². The van der Waals surface area contributed by atoms with E-state index in [1.807, 2.05) is 25.7 Å². The van der Waals surface area contributed by atoms with Crippen molar-refractivity contribution in [2.45, 2.75) is 58.3 Å². The van der Waals surface area contributed by atoms with Crippen LogP contribution in [-0.2, 0) is 9.53 Å². The van der Waals surface area contributed by atoms with Crippen LogP contribution in [0.25, 0.3) is 0 Å². The zero-order valence-electron chi connectivity index (χ0n) is 10.7. The zero-order chi connectivity index (χ0) is 12.3. The van der Waals surface area contributed by atoms with Crippen molar-refractivity contribution in [3.05, 3.63) is 0 Å². The van der Waals surface area contributed by atoms with E-state index in [1.54, 1.807) is 0 Å². The predicted octanol–water partition coefficient (Wildman–Crippen LogP) is 1.74. The standard InChI is InChI=1S/C12H23NO3/c1-5-6-13-8-9(16-12(2,3)4)7-10(13)11(14)15/h9-10H,5-8H2,1-4H3,(H,14,15)/t9?,10-/m0/s1. The second kappa shape index (κ2) is 5.15. The van der Waals surface area contributed by atoms with Gasteiger partial charge in [-0.25, -0.2) is 0 Å². The lowest BCUT2D eigenvalue weighted by molar-refractivity contribution is -0.142. The fourth-order valence-electron chi connectivity index (χ4n) is 2.24. The van der Waals surface area contributed by atoms with Gasteiger partial charge >= 0.3 is 5.97 Å². The second-order valence-electron chi connectivity index (χ2n) is 5.44. The maximum absolute atomic E-state index is 11.1. The van der Waals surface area contributed by atoms with Gasteiger partial charge in [-0.05, 0) is 33.7 Å². The van der Waals surface area contributed by atoms with Gasteiger partial charge in [0, 0.05) is 13.0 Å². The van der Waals surface area contributed by atoms with E-state index >= 15 is 0 Å². The lowest BCUT2D eigenvalue weighted by atomic mass is 10.1. The summed E-state index contributed by atoms with van der Waals surface area (Å²) in [4.78, 5) is 13.1. The minimum atomic E-state index is -0.728. The molecule has 0 aromatic rings. The van der Waals surface area contributed by atoms with Crippen LogP contribution in [0.3, 0.4) is 0 Å². The third kappa shape index (κ3) is 3.76. The second-order valence-corrected chi connectivity index (χ2v) is 5.44. The number of carboxylic acids is 1. The Labute approximate surface area is 97.6 Å². The summed E-state index contributed by atoms with van der Waals surface area (Å²) in [5, 5.41) is 9.13. The molecule has 0 radical (unpaired) electrons. The first-order valence-electron chi connectivity index (χ1n) is 5.98. The third-order valence-corrected chi connectivity index (χ3v) is 2.68. The first-order chi connectivity index (χ1) is 7.33. The largest absolute Gasteiger partial charge is 0.480 e. The Balaban J connectivity index is 2.58. The van der Waals surface area contributed by atoms with E-state index in [1.165, 1.54) is 0 Å². The molecule has 0 spiro atoms. The number of aliphatic carboxylic acids is 1. The van der Waals surface area contributed by atoms with Gasteiger partial charge in [0.25, 0.3) is 0 Å². The summed E-state index contributed by atoms with van der Waals surface area (Å²) in [6.45, 7) is 9.65. The molecule has 1 unspecified atom stereocenters. The topological polar surface area (TPSA) is 49.8 Å². The predicted molar refractivity (Wildman–Crippen MR) is 62.5 cm³/mol. The minimum Gasteiger partial charge on any atom is -0.480 e. The molecule has 16 heavy (non-hydrogen) atoms. The van der Waals surface area contributed by atoms with Gasteiger partial charge in [0.1, 0.15) is 6.04 Å². The number of carboxylic acid groups (broad SMARTS) is 1. The summed E-state index contributed by atoms with van der Waals surface area (Å²) < 4.78 is 5.85. The van der Waals surface area contributed by atoms with Crippen LogP contribution in [0, 0.1) is 0 Å². The van der Waals surface area contributed by atoms with Crippen LogP contribution >= 0.6 is 0 Å². The van der Waals surface area contributed by atoms with Crippen molar-refractivity contribution >= 4 is 5.97 Å². The van der Waals surface area contributed by atoms with Crippen molar-refractivity contribution in [2.75, 3.05) is 13.1 Å². The van der Waals surface area contributed by atoms with Crippen LogP contribution < -0.4 is 0 Å². The summed E-state index contributed by atoms with van der Waals surface area (Å²) in [5.41, 5.74) is -0.198. The highest BCUT2D eigenvalue weighted by Gasteiger charge is 2.38. The summed E-state index contributed by atoms with van der Waals surface area (Å²) >= 11 is 0. The zero-order valence-corrected chi connectivity index (χ0v) is 10.7.